The number of thioether (sulfide) groups is 1. The van der Waals surface area contributed by atoms with E-state index in [2.05, 4.69) is 6.26 Å². The van der Waals surface area contributed by atoms with Crippen LogP contribution < -0.4 is 0 Å². The summed E-state index contributed by atoms with van der Waals surface area (Å²) in [5.74, 6) is 0.437. The molecule has 0 aliphatic carbocycles. The maximum absolute atomic E-state index is 10.4. The average molecular weight is 190 g/mol. The number of carboxylic acids is 1. The van der Waals surface area contributed by atoms with Gasteiger partial charge in [-0.2, -0.15) is 11.8 Å². The van der Waals surface area contributed by atoms with Crippen molar-refractivity contribution in [2.75, 3.05) is 12.0 Å². The molecule has 0 saturated heterocycles. The summed E-state index contributed by atoms with van der Waals surface area (Å²) < 4.78 is 0. The van der Waals surface area contributed by atoms with Gasteiger partial charge in [-0.05, 0) is 30.3 Å². The molecule has 0 aromatic heterocycles. The van der Waals surface area contributed by atoms with Crippen LogP contribution in [-0.4, -0.2) is 23.1 Å². The van der Waals surface area contributed by atoms with Gasteiger partial charge in [0.05, 0.1) is 6.42 Å². The first kappa shape index (κ1) is 11.8. The zero-order valence-corrected chi connectivity index (χ0v) is 8.91. The van der Waals surface area contributed by atoms with Crippen molar-refractivity contribution in [2.45, 2.75) is 33.1 Å². The Morgan fingerprint density at radius 1 is 1.50 bits per heavy atom. The van der Waals surface area contributed by atoms with Crippen LogP contribution in [0.3, 0.4) is 0 Å². The Kier molecular flexibility index (Phi) is 5.38. The monoisotopic (exact) mass is 190 g/mol. The molecule has 0 spiro atoms. The number of rotatable bonds is 6. The van der Waals surface area contributed by atoms with E-state index in [0.717, 1.165) is 18.6 Å². The molecule has 0 atom stereocenters. The average Bonchev–Trinajstić information content (AvgIpc) is 1.84. The van der Waals surface area contributed by atoms with Crippen LogP contribution in [0.15, 0.2) is 0 Å². The van der Waals surface area contributed by atoms with Crippen molar-refractivity contribution < 1.29 is 9.90 Å². The lowest BCUT2D eigenvalue weighted by Crippen LogP contribution is -2.16. The summed E-state index contributed by atoms with van der Waals surface area (Å²) >= 11 is 1.81. The predicted octanol–water partition coefficient (Wildman–Crippen LogP) is 2.63. The van der Waals surface area contributed by atoms with E-state index < -0.39 is 5.97 Å². The third-order valence-corrected chi connectivity index (χ3v) is 2.53. The molecular formula is C9H18O2S. The van der Waals surface area contributed by atoms with E-state index in [4.69, 9.17) is 5.11 Å². The van der Waals surface area contributed by atoms with Gasteiger partial charge in [0.1, 0.15) is 0 Å². The van der Waals surface area contributed by atoms with Crippen LogP contribution >= 0.6 is 11.8 Å². The van der Waals surface area contributed by atoms with Crippen molar-refractivity contribution in [1.29, 1.82) is 0 Å². The second kappa shape index (κ2) is 5.46. The number of aliphatic carboxylic acids is 1. The van der Waals surface area contributed by atoms with Gasteiger partial charge in [-0.25, -0.2) is 0 Å². The van der Waals surface area contributed by atoms with Crippen LogP contribution in [0.25, 0.3) is 0 Å². The Bertz CT molecular complexity index is 143. The number of carboxylic acid groups (broad SMARTS) is 1. The lowest BCUT2D eigenvalue weighted by Gasteiger charge is -2.21. The van der Waals surface area contributed by atoms with E-state index in [9.17, 15) is 4.79 Å². The van der Waals surface area contributed by atoms with Crippen molar-refractivity contribution in [3.05, 3.63) is 0 Å². The van der Waals surface area contributed by atoms with Gasteiger partial charge in [0.2, 0.25) is 0 Å². The highest BCUT2D eigenvalue weighted by Gasteiger charge is 2.20. The molecule has 1 N–H and O–H groups in total. The highest BCUT2D eigenvalue weighted by Crippen LogP contribution is 2.27. The van der Waals surface area contributed by atoms with Crippen LogP contribution in [0.2, 0.25) is 0 Å². The van der Waals surface area contributed by atoms with E-state index in [1.807, 2.05) is 25.6 Å². The molecule has 2 nitrogen and oxygen atoms in total. The lowest BCUT2D eigenvalue weighted by atomic mass is 9.85. The highest BCUT2D eigenvalue weighted by molar-refractivity contribution is 7.98. The normalized spacial score (nSPS) is 11.6. The standard InChI is InChI=1S/C9H18O2S/c1-9(2,7-8(10)11)5-4-6-12-3/h4-7H2,1-3H3,(H,10,11). The Balaban J connectivity index is 3.63. The van der Waals surface area contributed by atoms with E-state index in [1.165, 1.54) is 0 Å². The zero-order valence-electron chi connectivity index (χ0n) is 8.09. The molecule has 0 fully saturated rings. The van der Waals surface area contributed by atoms with E-state index in [0.29, 0.717) is 0 Å². The molecule has 72 valence electrons. The summed E-state index contributed by atoms with van der Waals surface area (Å²) in [6.45, 7) is 4.03. The first-order chi connectivity index (χ1) is 5.48. The summed E-state index contributed by atoms with van der Waals surface area (Å²) in [5.41, 5.74) is -0.0401. The van der Waals surface area contributed by atoms with Crippen LogP contribution in [0.4, 0.5) is 0 Å². The molecular weight excluding hydrogens is 172 g/mol. The fraction of sp³-hybridized carbons (Fsp3) is 0.889. The van der Waals surface area contributed by atoms with Crippen molar-refractivity contribution >= 4 is 17.7 Å². The van der Waals surface area contributed by atoms with Crippen molar-refractivity contribution in [2.24, 2.45) is 5.41 Å². The van der Waals surface area contributed by atoms with Crippen LogP contribution in [0.1, 0.15) is 33.1 Å². The summed E-state index contributed by atoms with van der Waals surface area (Å²) in [6, 6.07) is 0. The fourth-order valence-corrected chi connectivity index (χ4v) is 1.63. The third-order valence-electron chi connectivity index (χ3n) is 1.83. The lowest BCUT2D eigenvalue weighted by molar-refractivity contribution is -0.139. The Morgan fingerprint density at radius 3 is 2.50 bits per heavy atom. The maximum atomic E-state index is 10.4. The predicted molar refractivity (Wildman–Crippen MR) is 53.6 cm³/mol. The second-order valence-corrected chi connectivity index (χ2v) is 4.82. The molecule has 0 aliphatic heterocycles. The quantitative estimate of drug-likeness (QED) is 0.654. The van der Waals surface area contributed by atoms with Gasteiger partial charge in [-0.1, -0.05) is 13.8 Å². The van der Waals surface area contributed by atoms with Gasteiger partial charge in [0, 0.05) is 0 Å². The molecule has 0 heterocycles. The SMILES string of the molecule is CSCCCC(C)(C)CC(=O)O. The molecule has 0 radical (unpaired) electrons. The molecule has 0 aliphatic rings. The molecule has 0 aromatic rings. The Morgan fingerprint density at radius 2 is 2.08 bits per heavy atom. The smallest absolute Gasteiger partial charge is 0.303 e. The summed E-state index contributed by atoms with van der Waals surface area (Å²) in [5, 5.41) is 8.60. The molecule has 0 unspecified atom stereocenters. The number of hydrogen-bond acceptors (Lipinski definition) is 2. The maximum Gasteiger partial charge on any atom is 0.303 e. The van der Waals surface area contributed by atoms with E-state index in [-0.39, 0.29) is 11.8 Å². The van der Waals surface area contributed by atoms with E-state index in [1.54, 1.807) is 0 Å². The minimum absolute atomic E-state index is 0.0401. The van der Waals surface area contributed by atoms with Crippen molar-refractivity contribution in [3.63, 3.8) is 0 Å². The van der Waals surface area contributed by atoms with Gasteiger partial charge >= 0.3 is 5.97 Å². The van der Waals surface area contributed by atoms with Crippen LogP contribution in [0.5, 0.6) is 0 Å². The molecule has 3 heteroatoms. The molecule has 12 heavy (non-hydrogen) atoms. The highest BCUT2D eigenvalue weighted by atomic mass is 32.2. The number of hydrogen-bond donors (Lipinski definition) is 1. The first-order valence-corrected chi connectivity index (χ1v) is 5.58. The largest absolute Gasteiger partial charge is 0.481 e. The minimum atomic E-state index is -0.691. The molecule has 0 bridgehead atoms. The minimum Gasteiger partial charge on any atom is -0.481 e. The molecule has 0 saturated carbocycles. The van der Waals surface area contributed by atoms with Crippen molar-refractivity contribution in [1.82, 2.24) is 0 Å². The summed E-state index contributed by atoms with van der Waals surface area (Å²) in [6.07, 6.45) is 4.47. The van der Waals surface area contributed by atoms with Gasteiger partial charge in [0.25, 0.3) is 0 Å². The topological polar surface area (TPSA) is 37.3 Å². The molecule has 0 rings (SSSR count). The van der Waals surface area contributed by atoms with Crippen LogP contribution in [0, 0.1) is 5.41 Å². The van der Waals surface area contributed by atoms with E-state index >= 15 is 0 Å². The first-order valence-electron chi connectivity index (χ1n) is 4.19. The summed E-state index contributed by atoms with van der Waals surface area (Å²) in [4.78, 5) is 10.4. The second-order valence-electron chi connectivity index (χ2n) is 3.83. The Labute approximate surface area is 78.7 Å². The summed E-state index contributed by atoms with van der Waals surface area (Å²) in [7, 11) is 0. The fourth-order valence-electron chi connectivity index (χ4n) is 1.19. The zero-order chi connectivity index (χ0) is 9.61. The molecule has 0 aromatic carbocycles. The van der Waals surface area contributed by atoms with Crippen LogP contribution in [-0.2, 0) is 4.79 Å². The van der Waals surface area contributed by atoms with Gasteiger partial charge in [-0.3, -0.25) is 4.79 Å². The molecule has 0 amide bonds. The van der Waals surface area contributed by atoms with Gasteiger partial charge in [0.15, 0.2) is 0 Å². The van der Waals surface area contributed by atoms with Gasteiger partial charge in [-0.15, -0.1) is 0 Å². The number of carbonyl (C=O) groups is 1. The van der Waals surface area contributed by atoms with Crippen molar-refractivity contribution in [3.8, 4) is 0 Å². The Hall–Kier alpha value is -0.180. The third kappa shape index (κ3) is 6.53. The van der Waals surface area contributed by atoms with Gasteiger partial charge < -0.3 is 5.11 Å².